The second-order valence-corrected chi connectivity index (χ2v) is 4.92. The van der Waals surface area contributed by atoms with Gasteiger partial charge in [-0.1, -0.05) is 22.0 Å². The number of carbonyl (C=O) groups excluding carboxylic acids is 1. The molecule has 1 heterocycles. The second-order valence-electron chi connectivity index (χ2n) is 4.27. The highest BCUT2D eigenvalue weighted by molar-refractivity contribution is 9.09. The van der Waals surface area contributed by atoms with Crippen molar-refractivity contribution < 1.29 is 4.79 Å². The first-order valence-electron chi connectivity index (χ1n) is 5.34. The minimum absolute atomic E-state index is 0.188. The number of hydrogen-bond donors (Lipinski definition) is 1. The van der Waals surface area contributed by atoms with Gasteiger partial charge >= 0.3 is 0 Å². The molecular formula is C12H15BrN2O. The lowest BCUT2D eigenvalue weighted by atomic mass is 10.1. The van der Waals surface area contributed by atoms with Crippen LogP contribution in [0.5, 0.6) is 0 Å². The number of anilines is 2. The molecule has 0 aromatic heterocycles. The van der Waals surface area contributed by atoms with Crippen molar-refractivity contribution >= 4 is 33.2 Å². The largest absolute Gasteiger partial charge is 0.398 e. The van der Waals surface area contributed by atoms with Gasteiger partial charge in [0.15, 0.2) is 0 Å². The Morgan fingerprint density at radius 2 is 2.31 bits per heavy atom. The monoisotopic (exact) mass is 282 g/mol. The van der Waals surface area contributed by atoms with Crippen molar-refractivity contribution in [2.45, 2.75) is 13.3 Å². The lowest BCUT2D eigenvalue weighted by Crippen LogP contribution is -2.24. The van der Waals surface area contributed by atoms with E-state index < -0.39 is 0 Å². The van der Waals surface area contributed by atoms with Gasteiger partial charge in [0.05, 0.1) is 0 Å². The van der Waals surface area contributed by atoms with Gasteiger partial charge in [-0.15, -0.1) is 0 Å². The first-order chi connectivity index (χ1) is 7.61. The molecule has 0 saturated carbocycles. The topological polar surface area (TPSA) is 46.3 Å². The number of nitrogens with zero attached hydrogens (tertiary/aromatic N) is 1. The highest BCUT2D eigenvalue weighted by atomic mass is 79.9. The SMILES string of the molecule is Cc1ccc(N2CC(CBr)CC2=O)cc1N. The average molecular weight is 283 g/mol. The van der Waals surface area contributed by atoms with Crippen LogP contribution in [0.4, 0.5) is 11.4 Å². The van der Waals surface area contributed by atoms with Crippen LogP contribution in [0.2, 0.25) is 0 Å². The molecule has 1 aliphatic heterocycles. The van der Waals surface area contributed by atoms with Crippen molar-refractivity contribution in [2.75, 3.05) is 22.5 Å². The molecule has 16 heavy (non-hydrogen) atoms. The fraction of sp³-hybridized carbons (Fsp3) is 0.417. The molecule has 1 aromatic rings. The highest BCUT2D eigenvalue weighted by Gasteiger charge is 2.29. The zero-order chi connectivity index (χ0) is 11.7. The Balaban J connectivity index is 2.24. The average Bonchev–Trinajstić information content (AvgIpc) is 2.64. The molecular weight excluding hydrogens is 268 g/mol. The van der Waals surface area contributed by atoms with E-state index in [-0.39, 0.29) is 5.91 Å². The number of nitrogens with two attached hydrogens (primary N) is 1. The fourth-order valence-electron chi connectivity index (χ4n) is 1.93. The number of alkyl halides is 1. The Morgan fingerprint density at radius 3 is 2.88 bits per heavy atom. The molecule has 86 valence electrons. The standard InChI is InChI=1S/C12H15BrN2O/c1-8-2-3-10(5-11(8)14)15-7-9(6-13)4-12(15)16/h2-3,5,9H,4,6-7,14H2,1H3. The maximum atomic E-state index is 11.8. The van der Waals surface area contributed by atoms with Crippen LogP contribution in [0.15, 0.2) is 18.2 Å². The Labute approximate surface area is 104 Å². The number of benzene rings is 1. The molecule has 0 aliphatic carbocycles. The van der Waals surface area contributed by atoms with Crippen LogP contribution in [0.25, 0.3) is 0 Å². The van der Waals surface area contributed by atoms with Crippen molar-refractivity contribution in [1.82, 2.24) is 0 Å². The van der Waals surface area contributed by atoms with Gasteiger partial charge in [0.1, 0.15) is 0 Å². The number of halogens is 1. The summed E-state index contributed by atoms with van der Waals surface area (Å²) in [5.74, 6) is 0.600. The van der Waals surface area contributed by atoms with E-state index in [1.807, 2.05) is 30.0 Å². The fourth-order valence-corrected chi connectivity index (χ4v) is 2.36. The summed E-state index contributed by atoms with van der Waals surface area (Å²) in [4.78, 5) is 13.6. The van der Waals surface area contributed by atoms with E-state index in [4.69, 9.17) is 5.73 Å². The first-order valence-corrected chi connectivity index (χ1v) is 6.46. The third kappa shape index (κ3) is 2.07. The molecule has 1 saturated heterocycles. The number of amides is 1. The Bertz CT molecular complexity index is 419. The molecule has 1 fully saturated rings. The lowest BCUT2D eigenvalue weighted by molar-refractivity contribution is -0.117. The summed E-state index contributed by atoms with van der Waals surface area (Å²) in [6, 6.07) is 5.80. The van der Waals surface area contributed by atoms with Gasteiger partial charge in [-0.25, -0.2) is 0 Å². The number of rotatable bonds is 2. The van der Waals surface area contributed by atoms with Crippen molar-refractivity contribution in [3.8, 4) is 0 Å². The number of nitrogen functional groups attached to an aromatic ring is 1. The molecule has 0 spiro atoms. The van der Waals surface area contributed by atoms with Crippen LogP contribution in [0, 0.1) is 12.8 Å². The summed E-state index contributed by atoms with van der Waals surface area (Å²) in [7, 11) is 0. The molecule has 2 N–H and O–H groups in total. The molecule has 3 nitrogen and oxygen atoms in total. The molecule has 1 unspecified atom stereocenters. The minimum atomic E-state index is 0.188. The van der Waals surface area contributed by atoms with Crippen LogP contribution < -0.4 is 10.6 Å². The van der Waals surface area contributed by atoms with Crippen LogP contribution >= 0.6 is 15.9 Å². The van der Waals surface area contributed by atoms with Crippen molar-refractivity contribution in [2.24, 2.45) is 5.92 Å². The van der Waals surface area contributed by atoms with Crippen molar-refractivity contribution in [3.05, 3.63) is 23.8 Å². The van der Waals surface area contributed by atoms with E-state index >= 15 is 0 Å². The van der Waals surface area contributed by atoms with Gasteiger partial charge in [0.2, 0.25) is 5.91 Å². The van der Waals surface area contributed by atoms with Crippen LogP contribution in [0.3, 0.4) is 0 Å². The van der Waals surface area contributed by atoms with Crippen LogP contribution in [-0.2, 0) is 4.79 Å². The summed E-state index contributed by atoms with van der Waals surface area (Å²) in [5.41, 5.74) is 8.56. The van der Waals surface area contributed by atoms with Gasteiger partial charge in [-0.05, 0) is 30.5 Å². The second kappa shape index (κ2) is 4.45. The van der Waals surface area contributed by atoms with Gasteiger partial charge in [-0.2, -0.15) is 0 Å². The third-order valence-electron chi connectivity index (χ3n) is 3.00. The quantitative estimate of drug-likeness (QED) is 0.669. The molecule has 2 rings (SSSR count). The highest BCUT2D eigenvalue weighted by Crippen LogP contribution is 2.28. The summed E-state index contributed by atoms with van der Waals surface area (Å²) >= 11 is 3.43. The van der Waals surface area contributed by atoms with E-state index in [1.165, 1.54) is 0 Å². The zero-order valence-corrected chi connectivity index (χ0v) is 10.8. The zero-order valence-electron chi connectivity index (χ0n) is 9.24. The molecule has 1 aromatic carbocycles. The van der Waals surface area contributed by atoms with Crippen molar-refractivity contribution in [3.63, 3.8) is 0 Å². The van der Waals surface area contributed by atoms with E-state index in [0.29, 0.717) is 12.3 Å². The maximum absolute atomic E-state index is 11.8. The van der Waals surface area contributed by atoms with Crippen molar-refractivity contribution in [1.29, 1.82) is 0 Å². The molecule has 1 aliphatic rings. The molecule has 1 atom stereocenters. The van der Waals surface area contributed by atoms with Gasteiger partial charge in [0, 0.05) is 29.7 Å². The predicted octanol–water partition coefficient (Wildman–Crippen LogP) is 2.33. The molecule has 4 heteroatoms. The Morgan fingerprint density at radius 1 is 1.56 bits per heavy atom. The third-order valence-corrected chi connectivity index (χ3v) is 3.91. The van der Waals surface area contributed by atoms with Gasteiger partial charge in [-0.3, -0.25) is 4.79 Å². The molecule has 1 amide bonds. The lowest BCUT2D eigenvalue weighted by Gasteiger charge is -2.17. The van der Waals surface area contributed by atoms with Gasteiger partial charge in [0.25, 0.3) is 0 Å². The summed E-state index contributed by atoms with van der Waals surface area (Å²) in [5, 5.41) is 0.872. The van der Waals surface area contributed by atoms with E-state index in [2.05, 4.69) is 15.9 Å². The first kappa shape index (κ1) is 11.5. The normalized spacial score (nSPS) is 20.5. The summed E-state index contributed by atoms with van der Waals surface area (Å²) in [6.45, 7) is 2.75. The Kier molecular flexibility index (Phi) is 3.19. The van der Waals surface area contributed by atoms with E-state index in [0.717, 1.165) is 28.8 Å². The van der Waals surface area contributed by atoms with Crippen LogP contribution in [0.1, 0.15) is 12.0 Å². The summed E-state index contributed by atoms with van der Waals surface area (Å²) in [6.07, 6.45) is 0.624. The minimum Gasteiger partial charge on any atom is -0.398 e. The van der Waals surface area contributed by atoms with Crippen LogP contribution in [-0.4, -0.2) is 17.8 Å². The summed E-state index contributed by atoms with van der Waals surface area (Å²) < 4.78 is 0. The maximum Gasteiger partial charge on any atom is 0.227 e. The molecule has 0 radical (unpaired) electrons. The van der Waals surface area contributed by atoms with Gasteiger partial charge < -0.3 is 10.6 Å². The number of hydrogen-bond acceptors (Lipinski definition) is 2. The Hall–Kier alpha value is -1.03. The molecule has 0 bridgehead atoms. The number of aryl methyl sites for hydroxylation is 1. The predicted molar refractivity (Wildman–Crippen MR) is 69.8 cm³/mol. The van der Waals surface area contributed by atoms with E-state index in [1.54, 1.807) is 0 Å². The number of carbonyl (C=O) groups is 1. The van der Waals surface area contributed by atoms with E-state index in [9.17, 15) is 4.79 Å². The smallest absolute Gasteiger partial charge is 0.227 e.